The number of nitrogens with zero attached hydrogens (tertiary/aromatic N) is 2. The summed E-state index contributed by atoms with van der Waals surface area (Å²) < 4.78 is 5.21. The van der Waals surface area contributed by atoms with Crippen LogP contribution in [0.1, 0.15) is 24.3 Å². The average Bonchev–Trinajstić information content (AvgIpc) is 3.46. The number of carbonyl (C=O) groups is 1. The molecule has 1 aromatic heterocycles. The zero-order chi connectivity index (χ0) is 18.1. The van der Waals surface area contributed by atoms with Crippen molar-refractivity contribution in [1.82, 2.24) is 4.98 Å². The van der Waals surface area contributed by atoms with Crippen LogP contribution in [-0.4, -0.2) is 25.0 Å². The SMILES string of the molecule is COc1ccc(C2CC2CC(=O)N(C)c2cccc3ncccc23)cc1. The van der Waals surface area contributed by atoms with Crippen molar-refractivity contribution in [2.45, 2.75) is 18.8 Å². The molecule has 1 aliphatic rings. The number of hydrogen-bond donors (Lipinski definition) is 0. The van der Waals surface area contributed by atoms with Gasteiger partial charge in [0.1, 0.15) is 5.75 Å². The highest BCUT2D eigenvalue weighted by Gasteiger charge is 2.40. The van der Waals surface area contributed by atoms with Crippen LogP contribution in [0, 0.1) is 5.92 Å². The molecule has 0 saturated heterocycles. The van der Waals surface area contributed by atoms with Gasteiger partial charge in [0.25, 0.3) is 0 Å². The van der Waals surface area contributed by atoms with Crippen molar-refractivity contribution in [2.75, 3.05) is 19.1 Å². The van der Waals surface area contributed by atoms with E-state index in [0.29, 0.717) is 18.3 Å². The number of anilines is 1. The predicted molar refractivity (Wildman–Crippen MR) is 104 cm³/mol. The Morgan fingerprint density at radius 3 is 2.73 bits per heavy atom. The second-order valence-electron chi connectivity index (χ2n) is 6.88. The monoisotopic (exact) mass is 346 g/mol. The quantitative estimate of drug-likeness (QED) is 0.688. The van der Waals surface area contributed by atoms with Crippen LogP contribution in [0.4, 0.5) is 5.69 Å². The predicted octanol–water partition coefficient (Wildman–Crippen LogP) is 4.40. The number of pyridine rings is 1. The first-order valence-electron chi connectivity index (χ1n) is 8.91. The van der Waals surface area contributed by atoms with Gasteiger partial charge in [-0.15, -0.1) is 0 Å². The second kappa shape index (κ2) is 6.79. The molecule has 2 atom stereocenters. The number of fused-ring (bicyclic) bond motifs is 1. The summed E-state index contributed by atoms with van der Waals surface area (Å²) in [6.07, 6.45) is 3.42. The van der Waals surface area contributed by atoms with E-state index in [9.17, 15) is 4.79 Å². The summed E-state index contributed by atoms with van der Waals surface area (Å²) >= 11 is 0. The third kappa shape index (κ3) is 3.15. The van der Waals surface area contributed by atoms with E-state index < -0.39 is 0 Å². The molecule has 1 aliphatic carbocycles. The molecule has 1 saturated carbocycles. The van der Waals surface area contributed by atoms with E-state index in [-0.39, 0.29) is 5.91 Å². The minimum Gasteiger partial charge on any atom is -0.497 e. The van der Waals surface area contributed by atoms with Gasteiger partial charge in [-0.25, -0.2) is 0 Å². The molecule has 4 nitrogen and oxygen atoms in total. The lowest BCUT2D eigenvalue weighted by molar-refractivity contribution is -0.118. The molecule has 1 fully saturated rings. The van der Waals surface area contributed by atoms with E-state index >= 15 is 0 Å². The Morgan fingerprint density at radius 1 is 1.15 bits per heavy atom. The van der Waals surface area contributed by atoms with Crippen LogP contribution >= 0.6 is 0 Å². The van der Waals surface area contributed by atoms with Gasteiger partial charge in [-0.1, -0.05) is 18.2 Å². The van der Waals surface area contributed by atoms with Crippen molar-refractivity contribution >= 4 is 22.5 Å². The van der Waals surface area contributed by atoms with E-state index in [1.54, 1.807) is 18.2 Å². The molecule has 1 heterocycles. The molecule has 132 valence electrons. The third-order valence-electron chi connectivity index (χ3n) is 5.26. The molecule has 3 aromatic rings. The van der Waals surface area contributed by atoms with E-state index in [4.69, 9.17) is 4.74 Å². The highest BCUT2D eigenvalue weighted by Crippen LogP contribution is 2.50. The van der Waals surface area contributed by atoms with Gasteiger partial charge in [-0.3, -0.25) is 9.78 Å². The van der Waals surface area contributed by atoms with Crippen molar-refractivity contribution < 1.29 is 9.53 Å². The fraction of sp³-hybridized carbons (Fsp3) is 0.273. The summed E-state index contributed by atoms with van der Waals surface area (Å²) in [6.45, 7) is 0. The van der Waals surface area contributed by atoms with Crippen LogP contribution in [0.15, 0.2) is 60.8 Å². The molecule has 26 heavy (non-hydrogen) atoms. The fourth-order valence-electron chi connectivity index (χ4n) is 3.61. The van der Waals surface area contributed by atoms with Crippen molar-refractivity contribution in [2.24, 2.45) is 5.92 Å². The molecule has 0 aliphatic heterocycles. The molecular formula is C22H22N2O2. The molecule has 2 unspecified atom stereocenters. The van der Waals surface area contributed by atoms with Crippen LogP contribution in [0.3, 0.4) is 0 Å². The maximum atomic E-state index is 12.8. The zero-order valence-electron chi connectivity index (χ0n) is 15.1. The van der Waals surface area contributed by atoms with E-state index in [0.717, 1.165) is 28.8 Å². The highest BCUT2D eigenvalue weighted by atomic mass is 16.5. The standard InChI is InChI=1S/C22H22N2O2/c1-24(21-7-3-6-20-18(21)5-4-12-23-20)22(25)14-16-13-19(16)15-8-10-17(26-2)11-9-15/h3-12,16,19H,13-14H2,1-2H3. The number of ether oxygens (including phenoxy) is 1. The summed E-state index contributed by atoms with van der Waals surface area (Å²) in [5.41, 5.74) is 3.12. The molecule has 2 aromatic carbocycles. The Labute approximate surface area is 153 Å². The Kier molecular flexibility index (Phi) is 4.33. The van der Waals surface area contributed by atoms with Gasteiger partial charge in [-0.2, -0.15) is 0 Å². The first-order valence-corrected chi connectivity index (χ1v) is 8.91. The van der Waals surface area contributed by atoms with Crippen LogP contribution in [0.2, 0.25) is 0 Å². The van der Waals surface area contributed by atoms with E-state index in [1.807, 2.05) is 49.5 Å². The molecule has 4 heteroatoms. The van der Waals surface area contributed by atoms with Gasteiger partial charge < -0.3 is 9.64 Å². The highest BCUT2D eigenvalue weighted by molar-refractivity contribution is 6.02. The van der Waals surface area contributed by atoms with Crippen molar-refractivity contribution in [3.8, 4) is 5.75 Å². The van der Waals surface area contributed by atoms with Gasteiger partial charge in [0.15, 0.2) is 0 Å². The Balaban J connectivity index is 1.45. The van der Waals surface area contributed by atoms with E-state index in [2.05, 4.69) is 17.1 Å². The summed E-state index contributed by atoms with van der Waals surface area (Å²) in [7, 11) is 3.53. The van der Waals surface area contributed by atoms with Crippen LogP contribution in [0.25, 0.3) is 10.9 Å². The molecule has 0 bridgehead atoms. The lowest BCUT2D eigenvalue weighted by Crippen LogP contribution is -2.26. The molecule has 0 spiro atoms. The van der Waals surface area contributed by atoms with Crippen molar-refractivity contribution in [3.05, 3.63) is 66.4 Å². The van der Waals surface area contributed by atoms with Gasteiger partial charge in [-0.05, 0) is 60.2 Å². The molecule has 0 radical (unpaired) electrons. The normalized spacial score (nSPS) is 18.5. The largest absolute Gasteiger partial charge is 0.497 e. The van der Waals surface area contributed by atoms with Gasteiger partial charge in [0.2, 0.25) is 5.91 Å². The Morgan fingerprint density at radius 2 is 1.96 bits per heavy atom. The van der Waals surface area contributed by atoms with Crippen molar-refractivity contribution in [3.63, 3.8) is 0 Å². The molecule has 4 rings (SSSR count). The topological polar surface area (TPSA) is 42.4 Å². The lowest BCUT2D eigenvalue weighted by Gasteiger charge is -2.19. The number of benzene rings is 2. The minimum atomic E-state index is 0.155. The average molecular weight is 346 g/mol. The molecular weight excluding hydrogens is 324 g/mol. The maximum absolute atomic E-state index is 12.8. The Bertz CT molecular complexity index is 931. The smallest absolute Gasteiger partial charge is 0.227 e. The first kappa shape index (κ1) is 16.6. The maximum Gasteiger partial charge on any atom is 0.227 e. The minimum absolute atomic E-state index is 0.155. The summed E-state index contributed by atoms with van der Waals surface area (Å²) in [4.78, 5) is 18.9. The third-order valence-corrected chi connectivity index (χ3v) is 5.26. The van der Waals surface area contributed by atoms with Crippen molar-refractivity contribution in [1.29, 1.82) is 0 Å². The first-order chi connectivity index (χ1) is 12.7. The van der Waals surface area contributed by atoms with Gasteiger partial charge in [0.05, 0.1) is 18.3 Å². The number of aromatic nitrogens is 1. The summed E-state index contributed by atoms with van der Waals surface area (Å²) in [5, 5.41) is 1.01. The molecule has 0 N–H and O–H groups in total. The number of amides is 1. The number of rotatable bonds is 5. The number of hydrogen-bond acceptors (Lipinski definition) is 3. The molecule has 1 amide bonds. The van der Waals surface area contributed by atoms with Gasteiger partial charge >= 0.3 is 0 Å². The van der Waals surface area contributed by atoms with E-state index in [1.165, 1.54) is 5.56 Å². The van der Waals surface area contributed by atoms with Crippen LogP contribution < -0.4 is 9.64 Å². The Hall–Kier alpha value is -2.88. The number of carbonyl (C=O) groups excluding carboxylic acids is 1. The van der Waals surface area contributed by atoms with Gasteiger partial charge in [0, 0.05) is 25.1 Å². The second-order valence-corrected chi connectivity index (χ2v) is 6.88. The van der Waals surface area contributed by atoms with Crippen LogP contribution in [-0.2, 0) is 4.79 Å². The lowest BCUT2D eigenvalue weighted by atomic mass is 10.1. The number of methoxy groups -OCH3 is 1. The summed E-state index contributed by atoms with van der Waals surface area (Å²) in [6, 6.07) is 18.0. The fourth-order valence-corrected chi connectivity index (χ4v) is 3.61. The summed E-state index contributed by atoms with van der Waals surface area (Å²) in [5.74, 6) is 1.92. The van der Waals surface area contributed by atoms with Crippen LogP contribution in [0.5, 0.6) is 5.75 Å². The zero-order valence-corrected chi connectivity index (χ0v) is 15.1.